The predicted molar refractivity (Wildman–Crippen MR) is 140 cm³/mol. The minimum Gasteiger partial charge on any atom is -0.353 e. The van der Waals surface area contributed by atoms with Gasteiger partial charge in [0.15, 0.2) is 9.84 Å². The Morgan fingerprint density at radius 1 is 0.864 bits per heavy atom. The van der Waals surface area contributed by atoms with Gasteiger partial charge in [0, 0.05) is 30.5 Å². The van der Waals surface area contributed by atoms with Crippen molar-refractivity contribution in [1.29, 1.82) is 0 Å². The van der Waals surface area contributed by atoms with E-state index in [2.05, 4.69) is 10.6 Å². The molecule has 2 amide bonds. The molecule has 3 aliphatic carbocycles. The number of hydrogen-bond acceptors (Lipinski definition) is 4. The van der Waals surface area contributed by atoms with Crippen molar-refractivity contribution in [1.82, 2.24) is 10.6 Å². The van der Waals surface area contributed by atoms with Gasteiger partial charge in [-0.25, -0.2) is 17.2 Å². The Bertz CT molecular complexity index is 1560. The standard InChI is InChI=1S/C29H28F8N2O4S/c1-15(40)38-19-13-20(14-19)39-25(41)22-10-11-26(44(42,43)21-6-4-18(30)5-7-21)23-9-3-17(12-16(23)2-8-24(22)26)27(31,28(32,33)34)29(35,36)37/h3-7,9,12,19-20,22,24H,2,8,10-11,13-14H2,1H3,(H,38,40)(H,39,41)/t19?,20?,22-,24+,26-/m1/s1. The summed E-state index contributed by atoms with van der Waals surface area (Å²) in [5.41, 5.74) is -7.75. The van der Waals surface area contributed by atoms with Gasteiger partial charge in [-0.15, -0.1) is 0 Å². The lowest BCUT2D eigenvalue weighted by Gasteiger charge is -2.43. The van der Waals surface area contributed by atoms with E-state index in [1.165, 1.54) is 6.92 Å². The Labute approximate surface area is 247 Å². The summed E-state index contributed by atoms with van der Waals surface area (Å²) < 4.78 is 137. The molecule has 2 aromatic rings. The molecule has 44 heavy (non-hydrogen) atoms. The number of carbonyl (C=O) groups is 2. The van der Waals surface area contributed by atoms with Crippen LogP contribution in [0.1, 0.15) is 55.7 Å². The second-order valence-corrected chi connectivity index (χ2v) is 13.9. The van der Waals surface area contributed by atoms with Gasteiger partial charge >= 0.3 is 18.0 Å². The maximum atomic E-state index is 15.0. The molecule has 6 nitrogen and oxygen atoms in total. The summed E-state index contributed by atoms with van der Waals surface area (Å²) >= 11 is 0. The third kappa shape index (κ3) is 4.94. The number of alkyl halides is 7. The van der Waals surface area contributed by atoms with Crippen molar-refractivity contribution in [2.75, 3.05) is 0 Å². The summed E-state index contributed by atoms with van der Waals surface area (Å²) in [6, 6.07) is 4.88. The number of aryl methyl sites for hydroxylation is 1. The Morgan fingerprint density at radius 2 is 1.45 bits per heavy atom. The van der Waals surface area contributed by atoms with Crippen LogP contribution < -0.4 is 10.6 Å². The fourth-order valence-corrected chi connectivity index (χ4v) is 9.61. The third-order valence-electron chi connectivity index (χ3n) is 9.21. The maximum absolute atomic E-state index is 15.0. The van der Waals surface area contributed by atoms with E-state index in [0.29, 0.717) is 25.0 Å². The molecular formula is C29H28F8N2O4S. The molecule has 0 saturated heterocycles. The molecule has 2 fully saturated rings. The van der Waals surface area contributed by atoms with Crippen LogP contribution >= 0.6 is 0 Å². The molecule has 0 aromatic heterocycles. The van der Waals surface area contributed by atoms with Crippen LogP contribution in [0.5, 0.6) is 0 Å². The molecule has 15 heteroatoms. The van der Waals surface area contributed by atoms with E-state index in [0.717, 1.165) is 30.3 Å². The number of nitrogens with one attached hydrogen (secondary N) is 2. The summed E-state index contributed by atoms with van der Waals surface area (Å²) in [5.74, 6) is -3.27. The van der Waals surface area contributed by atoms with Crippen LogP contribution in [0.25, 0.3) is 0 Å². The second-order valence-electron chi connectivity index (χ2n) is 11.7. The molecule has 2 N–H and O–H groups in total. The number of sulfone groups is 1. The third-order valence-corrected chi connectivity index (χ3v) is 11.8. The SMILES string of the molecule is CC(=O)NC1CC(NC(=O)[C@@H]2CC[C@@]3(S(=O)(=O)c4ccc(F)cc4)c4ccc(C(F)(C(F)(F)F)C(F)(F)F)cc4CC[C@@H]23)C1. The van der Waals surface area contributed by atoms with Crippen molar-refractivity contribution in [3.8, 4) is 0 Å². The molecular weight excluding hydrogens is 624 g/mol. The Kier molecular flexibility index (Phi) is 7.82. The molecule has 3 aliphatic rings. The van der Waals surface area contributed by atoms with Crippen LogP contribution in [0.15, 0.2) is 47.4 Å². The van der Waals surface area contributed by atoms with Crippen LogP contribution in [0.4, 0.5) is 35.1 Å². The lowest BCUT2D eigenvalue weighted by atomic mass is 9.72. The largest absolute Gasteiger partial charge is 0.435 e. The summed E-state index contributed by atoms with van der Waals surface area (Å²) in [4.78, 5) is 24.4. The zero-order valence-electron chi connectivity index (χ0n) is 23.2. The lowest BCUT2D eigenvalue weighted by molar-refractivity contribution is -0.348. The highest BCUT2D eigenvalue weighted by molar-refractivity contribution is 7.92. The number of halogens is 8. The van der Waals surface area contributed by atoms with E-state index in [-0.39, 0.29) is 59.7 Å². The average molecular weight is 653 g/mol. The summed E-state index contributed by atoms with van der Waals surface area (Å²) in [6.07, 6.45) is -12.3. The Balaban J connectivity index is 1.57. The van der Waals surface area contributed by atoms with Crippen molar-refractivity contribution in [3.05, 3.63) is 65.0 Å². The van der Waals surface area contributed by atoms with Crippen molar-refractivity contribution in [2.45, 2.75) is 85.2 Å². The number of amides is 2. The molecule has 2 aromatic carbocycles. The normalized spacial score (nSPS) is 27.1. The molecule has 2 saturated carbocycles. The highest BCUT2D eigenvalue weighted by Crippen LogP contribution is 2.60. The smallest absolute Gasteiger partial charge is 0.353 e. The van der Waals surface area contributed by atoms with Crippen molar-refractivity contribution in [3.63, 3.8) is 0 Å². The van der Waals surface area contributed by atoms with Crippen molar-refractivity contribution < 1.29 is 53.1 Å². The topological polar surface area (TPSA) is 92.3 Å². The second kappa shape index (κ2) is 10.7. The summed E-state index contributed by atoms with van der Waals surface area (Å²) in [6.45, 7) is 1.36. The fourth-order valence-electron chi connectivity index (χ4n) is 7.14. The highest BCUT2D eigenvalue weighted by Gasteiger charge is 2.74. The molecule has 240 valence electrons. The molecule has 0 heterocycles. The number of rotatable bonds is 6. The minimum absolute atomic E-state index is 0.0259. The number of fused-ring (bicyclic) bond motifs is 3. The van der Waals surface area contributed by atoms with Gasteiger partial charge in [-0.1, -0.05) is 18.2 Å². The van der Waals surface area contributed by atoms with Gasteiger partial charge in [0.2, 0.25) is 11.8 Å². The summed E-state index contributed by atoms with van der Waals surface area (Å²) in [7, 11) is -4.54. The van der Waals surface area contributed by atoms with E-state index in [9.17, 15) is 53.1 Å². The number of hydrogen-bond donors (Lipinski definition) is 2. The fraction of sp³-hybridized carbons (Fsp3) is 0.517. The zero-order valence-corrected chi connectivity index (χ0v) is 24.0. The van der Waals surface area contributed by atoms with Gasteiger partial charge in [-0.05, 0) is 79.8 Å². The van der Waals surface area contributed by atoms with Crippen molar-refractivity contribution >= 4 is 21.7 Å². The number of carbonyl (C=O) groups excluding carboxylic acids is 2. The van der Waals surface area contributed by atoms with Gasteiger partial charge in [-0.3, -0.25) is 9.59 Å². The van der Waals surface area contributed by atoms with Gasteiger partial charge < -0.3 is 10.6 Å². The average Bonchev–Trinajstić information content (AvgIpc) is 3.31. The van der Waals surface area contributed by atoms with Gasteiger partial charge in [0.25, 0.3) is 0 Å². The predicted octanol–water partition coefficient (Wildman–Crippen LogP) is 5.54. The van der Waals surface area contributed by atoms with Gasteiger partial charge in [-0.2, -0.15) is 26.3 Å². The van der Waals surface area contributed by atoms with E-state index in [1.54, 1.807) is 0 Å². The first-order valence-electron chi connectivity index (χ1n) is 13.9. The monoisotopic (exact) mass is 652 g/mol. The highest BCUT2D eigenvalue weighted by atomic mass is 32.2. The molecule has 0 aliphatic heterocycles. The first-order chi connectivity index (χ1) is 20.3. The van der Waals surface area contributed by atoms with Crippen LogP contribution in [0.3, 0.4) is 0 Å². The molecule has 0 radical (unpaired) electrons. The van der Waals surface area contributed by atoms with Crippen molar-refractivity contribution in [2.24, 2.45) is 11.8 Å². The van der Waals surface area contributed by atoms with E-state index in [4.69, 9.17) is 0 Å². The van der Waals surface area contributed by atoms with Crippen LogP contribution in [-0.4, -0.2) is 44.7 Å². The minimum atomic E-state index is -6.36. The van der Waals surface area contributed by atoms with Crippen LogP contribution in [-0.2, 0) is 36.3 Å². The molecule has 3 atom stereocenters. The van der Waals surface area contributed by atoms with E-state index in [1.807, 2.05) is 0 Å². The van der Waals surface area contributed by atoms with Crippen LogP contribution in [0.2, 0.25) is 0 Å². The van der Waals surface area contributed by atoms with Gasteiger partial charge in [0.1, 0.15) is 10.6 Å². The summed E-state index contributed by atoms with van der Waals surface area (Å²) in [5, 5.41) is 5.59. The Morgan fingerprint density at radius 3 is 2.02 bits per heavy atom. The Hall–Kier alpha value is -3.23. The first-order valence-corrected chi connectivity index (χ1v) is 15.3. The maximum Gasteiger partial charge on any atom is 0.435 e. The number of benzene rings is 2. The first kappa shape index (κ1) is 32.2. The van der Waals surface area contributed by atoms with E-state index < -0.39 is 61.7 Å². The van der Waals surface area contributed by atoms with Gasteiger partial charge in [0.05, 0.1) is 4.90 Å². The quantitative estimate of drug-likeness (QED) is 0.317. The zero-order chi connectivity index (χ0) is 32.5. The van der Waals surface area contributed by atoms with Crippen LogP contribution in [0, 0.1) is 17.7 Å². The molecule has 0 unspecified atom stereocenters. The molecule has 5 rings (SSSR count). The van der Waals surface area contributed by atoms with E-state index >= 15 is 0 Å². The molecule has 0 bridgehead atoms. The molecule has 0 spiro atoms. The lowest BCUT2D eigenvalue weighted by Crippen LogP contribution is -2.55.